The molecule has 9 heteroatoms. The van der Waals surface area contributed by atoms with Gasteiger partial charge in [-0.25, -0.2) is 0 Å². The van der Waals surface area contributed by atoms with E-state index in [0.29, 0.717) is 12.5 Å². The average molecular weight is 304 g/mol. The molecule has 1 fully saturated rings. The Morgan fingerprint density at radius 2 is 1.62 bits per heavy atom. The van der Waals surface area contributed by atoms with Gasteiger partial charge in [0.15, 0.2) is 0 Å². The summed E-state index contributed by atoms with van der Waals surface area (Å²) < 4.78 is 36.9. The van der Waals surface area contributed by atoms with E-state index in [1.807, 2.05) is 11.8 Å². The van der Waals surface area contributed by atoms with Crippen LogP contribution < -0.4 is 15.5 Å². The molecule has 0 aliphatic carbocycles. The summed E-state index contributed by atoms with van der Waals surface area (Å²) in [5.74, 6) is 0.655. The minimum absolute atomic E-state index is 0.0566. The summed E-state index contributed by atoms with van der Waals surface area (Å²) in [7, 11) is 0. The highest BCUT2D eigenvalue weighted by Crippen LogP contribution is 2.20. The molecule has 21 heavy (non-hydrogen) atoms. The van der Waals surface area contributed by atoms with Gasteiger partial charge in [-0.15, -0.1) is 0 Å². The Kier molecular flexibility index (Phi) is 5.03. The standard InChI is InChI=1S/C12H19F3N6/c1-2-16-9-18-10(17-8-12(13,14)15)20-11(19-9)21-6-4-3-5-7-21/h2-8H2,1H3,(H2,16,17,18,19,20). The number of halogens is 3. The molecular formula is C12H19F3N6. The van der Waals surface area contributed by atoms with Crippen molar-refractivity contribution in [3.05, 3.63) is 0 Å². The van der Waals surface area contributed by atoms with E-state index in [4.69, 9.17) is 0 Å². The third-order valence-electron chi connectivity index (χ3n) is 3.04. The molecule has 0 radical (unpaired) electrons. The number of nitrogens with zero attached hydrogens (tertiary/aromatic N) is 4. The van der Waals surface area contributed by atoms with Crippen molar-refractivity contribution in [2.24, 2.45) is 0 Å². The molecule has 2 N–H and O–H groups in total. The van der Waals surface area contributed by atoms with Crippen molar-refractivity contribution in [1.29, 1.82) is 0 Å². The molecule has 2 rings (SSSR count). The molecule has 118 valence electrons. The lowest BCUT2D eigenvalue weighted by Crippen LogP contribution is -2.32. The Morgan fingerprint density at radius 1 is 1.00 bits per heavy atom. The number of alkyl halides is 3. The number of hydrogen-bond acceptors (Lipinski definition) is 6. The molecule has 1 aromatic rings. The third kappa shape index (κ3) is 4.91. The average Bonchev–Trinajstić information content (AvgIpc) is 2.46. The first kappa shape index (κ1) is 15.6. The van der Waals surface area contributed by atoms with Crippen LogP contribution in [0.15, 0.2) is 0 Å². The van der Waals surface area contributed by atoms with Crippen LogP contribution in [0, 0.1) is 0 Å². The van der Waals surface area contributed by atoms with Crippen LogP contribution in [0.5, 0.6) is 0 Å². The van der Waals surface area contributed by atoms with Gasteiger partial charge in [0.25, 0.3) is 0 Å². The van der Waals surface area contributed by atoms with Crippen LogP contribution in [-0.2, 0) is 0 Å². The normalized spacial score (nSPS) is 15.9. The van der Waals surface area contributed by atoms with Gasteiger partial charge in [0, 0.05) is 19.6 Å². The number of piperidine rings is 1. The fourth-order valence-corrected chi connectivity index (χ4v) is 2.10. The maximum absolute atomic E-state index is 12.3. The Hall–Kier alpha value is -1.80. The zero-order valence-corrected chi connectivity index (χ0v) is 11.9. The van der Waals surface area contributed by atoms with Crippen molar-refractivity contribution in [3.63, 3.8) is 0 Å². The highest BCUT2D eigenvalue weighted by molar-refractivity contribution is 5.44. The number of aromatic nitrogens is 3. The number of hydrogen-bond donors (Lipinski definition) is 2. The van der Waals surface area contributed by atoms with Crippen LogP contribution in [0.2, 0.25) is 0 Å². The molecule has 0 atom stereocenters. The lowest BCUT2D eigenvalue weighted by atomic mass is 10.1. The van der Waals surface area contributed by atoms with E-state index >= 15 is 0 Å². The maximum atomic E-state index is 12.3. The second kappa shape index (κ2) is 6.77. The highest BCUT2D eigenvalue weighted by Gasteiger charge is 2.27. The monoisotopic (exact) mass is 304 g/mol. The molecule has 0 unspecified atom stereocenters. The molecule has 0 aromatic carbocycles. The molecule has 1 saturated heterocycles. The lowest BCUT2D eigenvalue weighted by molar-refractivity contribution is -0.115. The molecule has 0 saturated carbocycles. The van der Waals surface area contributed by atoms with Gasteiger partial charge in [-0.05, 0) is 26.2 Å². The smallest absolute Gasteiger partial charge is 0.354 e. The van der Waals surface area contributed by atoms with Gasteiger partial charge < -0.3 is 15.5 Å². The Labute approximate surface area is 121 Å². The fraction of sp³-hybridized carbons (Fsp3) is 0.750. The zero-order chi connectivity index (χ0) is 15.3. The van der Waals surface area contributed by atoms with Crippen LogP contribution in [0.4, 0.5) is 31.0 Å². The first-order valence-corrected chi connectivity index (χ1v) is 7.03. The predicted molar refractivity (Wildman–Crippen MR) is 74.6 cm³/mol. The summed E-state index contributed by atoms with van der Waals surface area (Å²) >= 11 is 0. The van der Waals surface area contributed by atoms with Crippen molar-refractivity contribution in [3.8, 4) is 0 Å². The maximum Gasteiger partial charge on any atom is 0.405 e. The first-order chi connectivity index (χ1) is 9.98. The first-order valence-electron chi connectivity index (χ1n) is 7.03. The minimum Gasteiger partial charge on any atom is -0.354 e. The molecule has 6 nitrogen and oxygen atoms in total. The number of rotatable bonds is 5. The Bertz CT molecular complexity index is 459. The number of anilines is 3. The van der Waals surface area contributed by atoms with Crippen LogP contribution in [0.1, 0.15) is 26.2 Å². The van der Waals surface area contributed by atoms with Gasteiger partial charge >= 0.3 is 6.18 Å². The minimum atomic E-state index is -4.31. The molecule has 0 bridgehead atoms. The highest BCUT2D eigenvalue weighted by atomic mass is 19.4. The van der Waals surface area contributed by atoms with E-state index < -0.39 is 12.7 Å². The quantitative estimate of drug-likeness (QED) is 0.870. The largest absolute Gasteiger partial charge is 0.405 e. The second-order valence-electron chi connectivity index (χ2n) is 4.83. The van der Waals surface area contributed by atoms with E-state index in [1.54, 1.807) is 0 Å². The Morgan fingerprint density at radius 3 is 2.19 bits per heavy atom. The summed E-state index contributed by atoms with van der Waals surface area (Å²) in [5.41, 5.74) is 0. The predicted octanol–water partition coefficient (Wildman–Crippen LogP) is 2.27. The van der Waals surface area contributed by atoms with Crippen LogP contribution in [0.25, 0.3) is 0 Å². The zero-order valence-electron chi connectivity index (χ0n) is 11.9. The van der Waals surface area contributed by atoms with E-state index in [-0.39, 0.29) is 11.9 Å². The summed E-state index contributed by atoms with van der Waals surface area (Å²) in [6, 6.07) is 0. The summed E-state index contributed by atoms with van der Waals surface area (Å²) in [6.07, 6.45) is -1.09. The van der Waals surface area contributed by atoms with Crippen molar-refractivity contribution in [2.75, 3.05) is 41.7 Å². The van der Waals surface area contributed by atoms with Crippen molar-refractivity contribution < 1.29 is 13.2 Å². The topological polar surface area (TPSA) is 66.0 Å². The van der Waals surface area contributed by atoms with Crippen molar-refractivity contribution >= 4 is 17.8 Å². The summed E-state index contributed by atoms with van der Waals surface area (Å²) in [5, 5.41) is 5.12. The van der Waals surface area contributed by atoms with Gasteiger partial charge in [0.2, 0.25) is 17.8 Å². The summed E-state index contributed by atoms with van der Waals surface area (Å²) in [4.78, 5) is 14.3. The van der Waals surface area contributed by atoms with Crippen LogP contribution in [0.3, 0.4) is 0 Å². The third-order valence-corrected chi connectivity index (χ3v) is 3.04. The molecule has 0 amide bonds. The van der Waals surface area contributed by atoms with Gasteiger partial charge in [0.05, 0.1) is 0 Å². The second-order valence-corrected chi connectivity index (χ2v) is 4.83. The van der Waals surface area contributed by atoms with E-state index in [9.17, 15) is 13.2 Å². The van der Waals surface area contributed by atoms with E-state index in [0.717, 1.165) is 32.4 Å². The molecule has 1 aliphatic rings. The van der Waals surface area contributed by atoms with Gasteiger partial charge in [-0.3, -0.25) is 0 Å². The van der Waals surface area contributed by atoms with Crippen molar-refractivity contribution in [1.82, 2.24) is 15.0 Å². The van der Waals surface area contributed by atoms with Gasteiger partial charge in [-0.1, -0.05) is 0 Å². The number of nitrogens with one attached hydrogen (secondary N) is 2. The van der Waals surface area contributed by atoms with Crippen LogP contribution >= 0.6 is 0 Å². The molecule has 1 aliphatic heterocycles. The molecular weight excluding hydrogens is 285 g/mol. The van der Waals surface area contributed by atoms with Gasteiger partial charge in [-0.2, -0.15) is 28.1 Å². The van der Waals surface area contributed by atoms with E-state index in [1.165, 1.54) is 0 Å². The molecule has 2 heterocycles. The van der Waals surface area contributed by atoms with Gasteiger partial charge in [0.1, 0.15) is 6.54 Å². The van der Waals surface area contributed by atoms with Crippen molar-refractivity contribution in [2.45, 2.75) is 32.4 Å². The molecule has 1 aromatic heterocycles. The SMILES string of the molecule is CCNc1nc(NCC(F)(F)F)nc(N2CCCCC2)n1. The lowest BCUT2D eigenvalue weighted by Gasteiger charge is -2.27. The van der Waals surface area contributed by atoms with Crippen LogP contribution in [-0.4, -0.2) is 47.3 Å². The fourth-order valence-electron chi connectivity index (χ4n) is 2.10. The Balaban J connectivity index is 2.16. The molecule has 0 spiro atoms. The summed E-state index contributed by atoms with van der Waals surface area (Å²) in [6.45, 7) is 2.92. The van der Waals surface area contributed by atoms with E-state index in [2.05, 4.69) is 25.6 Å².